The SMILES string of the molecule is Cc1ccc2c(c1)S(=O)(=O)N(C(C)(C)C)C2=O. The largest absolute Gasteiger partial charge is 0.269 e. The summed E-state index contributed by atoms with van der Waals surface area (Å²) in [5.41, 5.74) is 0.351. The fourth-order valence-electron chi connectivity index (χ4n) is 2.00. The third-order valence-electron chi connectivity index (χ3n) is 2.68. The molecule has 2 rings (SSSR count). The zero-order chi connectivity index (χ0) is 13.0. The van der Waals surface area contributed by atoms with Crippen LogP contribution < -0.4 is 0 Å². The molecule has 1 amide bonds. The van der Waals surface area contributed by atoms with Crippen molar-refractivity contribution in [3.63, 3.8) is 0 Å². The Kier molecular flexibility index (Phi) is 2.36. The molecular weight excluding hydrogens is 238 g/mol. The van der Waals surface area contributed by atoms with E-state index in [1.165, 1.54) is 0 Å². The standard InChI is InChI=1S/C12H15NO3S/c1-8-5-6-9-10(7-8)17(15,16)13(11(9)14)12(2,3)4/h5-7H,1-4H3. The van der Waals surface area contributed by atoms with Gasteiger partial charge in [-0.25, -0.2) is 12.7 Å². The lowest BCUT2D eigenvalue weighted by Crippen LogP contribution is -2.45. The van der Waals surface area contributed by atoms with Crippen molar-refractivity contribution in [2.45, 2.75) is 38.1 Å². The molecule has 92 valence electrons. The number of hydrogen-bond donors (Lipinski definition) is 0. The molecule has 0 spiro atoms. The Morgan fingerprint density at radius 2 is 1.76 bits per heavy atom. The van der Waals surface area contributed by atoms with Crippen LogP contribution in [-0.4, -0.2) is 24.2 Å². The molecule has 0 saturated carbocycles. The van der Waals surface area contributed by atoms with Crippen LogP contribution >= 0.6 is 0 Å². The first kappa shape index (κ1) is 12.1. The molecule has 0 aliphatic carbocycles. The molecule has 1 aromatic rings. The second-order valence-corrected chi connectivity index (χ2v) is 7.00. The molecule has 1 heterocycles. The summed E-state index contributed by atoms with van der Waals surface area (Å²) >= 11 is 0. The van der Waals surface area contributed by atoms with Gasteiger partial charge in [0.15, 0.2) is 0 Å². The maximum absolute atomic E-state index is 12.3. The van der Waals surface area contributed by atoms with E-state index >= 15 is 0 Å². The van der Waals surface area contributed by atoms with Gasteiger partial charge in [0.25, 0.3) is 15.9 Å². The summed E-state index contributed by atoms with van der Waals surface area (Å²) in [7, 11) is -3.69. The van der Waals surface area contributed by atoms with Gasteiger partial charge in [-0.05, 0) is 45.4 Å². The van der Waals surface area contributed by atoms with E-state index < -0.39 is 21.5 Å². The molecule has 0 aromatic heterocycles. The van der Waals surface area contributed by atoms with E-state index in [1.54, 1.807) is 45.9 Å². The molecule has 0 bridgehead atoms. The first-order valence-corrected chi connectivity index (χ1v) is 6.80. The summed E-state index contributed by atoms with van der Waals surface area (Å²) in [6, 6.07) is 4.88. The molecule has 0 N–H and O–H groups in total. The molecule has 0 radical (unpaired) electrons. The minimum absolute atomic E-state index is 0.123. The minimum Gasteiger partial charge on any atom is -0.268 e. The topological polar surface area (TPSA) is 54.5 Å². The number of amides is 1. The van der Waals surface area contributed by atoms with Crippen LogP contribution in [0.2, 0.25) is 0 Å². The van der Waals surface area contributed by atoms with E-state index in [4.69, 9.17) is 0 Å². The number of aryl methyl sites for hydroxylation is 1. The van der Waals surface area contributed by atoms with Gasteiger partial charge >= 0.3 is 0 Å². The van der Waals surface area contributed by atoms with Crippen molar-refractivity contribution in [3.05, 3.63) is 29.3 Å². The van der Waals surface area contributed by atoms with Crippen LogP contribution in [0.5, 0.6) is 0 Å². The van der Waals surface area contributed by atoms with Crippen LogP contribution in [0.3, 0.4) is 0 Å². The number of carbonyl (C=O) groups excluding carboxylic acids is 1. The summed E-state index contributed by atoms with van der Waals surface area (Å²) < 4.78 is 25.6. The Morgan fingerprint density at radius 1 is 1.18 bits per heavy atom. The number of nitrogens with zero attached hydrogens (tertiary/aromatic N) is 1. The van der Waals surface area contributed by atoms with Gasteiger partial charge in [0.2, 0.25) is 0 Å². The molecule has 1 aromatic carbocycles. The predicted octanol–water partition coefficient (Wildman–Crippen LogP) is 1.94. The van der Waals surface area contributed by atoms with Crippen molar-refractivity contribution < 1.29 is 13.2 Å². The number of fused-ring (bicyclic) bond motifs is 1. The molecule has 0 fully saturated rings. The van der Waals surface area contributed by atoms with Gasteiger partial charge in [-0.1, -0.05) is 6.07 Å². The summed E-state index contributed by atoms with van der Waals surface area (Å²) in [5.74, 6) is -0.437. The van der Waals surface area contributed by atoms with Gasteiger partial charge in [-0.2, -0.15) is 0 Å². The maximum atomic E-state index is 12.3. The van der Waals surface area contributed by atoms with Crippen molar-refractivity contribution in [1.29, 1.82) is 0 Å². The van der Waals surface area contributed by atoms with E-state index in [9.17, 15) is 13.2 Å². The molecule has 0 unspecified atom stereocenters. The maximum Gasteiger partial charge on any atom is 0.269 e. The fraction of sp³-hybridized carbons (Fsp3) is 0.417. The molecule has 0 saturated heterocycles. The van der Waals surface area contributed by atoms with Crippen molar-refractivity contribution in [2.75, 3.05) is 0 Å². The van der Waals surface area contributed by atoms with E-state index in [1.807, 2.05) is 0 Å². The molecule has 0 atom stereocenters. The van der Waals surface area contributed by atoms with Crippen LogP contribution in [-0.2, 0) is 10.0 Å². The molecular formula is C12H15NO3S. The molecule has 5 heteroatoms. The Labute approximate surface area is 101 Å². The second kappa shape index (κ2) is 3.32. The first-order valence-electron chi connectivity index (χ1n) is 5.36. The Bertz CT molecular complexity index is 597. The zero-order valence-electron chi connectivity index (χ0n) is 10.3. The average Bonchev–Trinajstić information content (AvgIpc) is 2.33. The first-order chi connectivity index (χ1) is 7.65. The number of sulfonamides is 1. The fourth-order valence-corrected chi connectivity index (χ4v) is 4.00. The van der Waals surface area contributed by atoms with Gasteiger partial charge < -0.3 is 0 Å². The third-order valence-corrected chi connectivity index (χ3v) is 4.77. The van der Waals surface area contributed by atoms with Crippen molar-refractivity contribution in [1.82, 2.24) is 4.31 Å². The number of benzene rings is 1. The Balaban J connectivity index is 2.74. The lowest BCUT2D eigenvalue weighted by Gasteiger charge is -2.29. The predicted molar refractivity (Wildman–Crippen MR) is 64.3 cm³/mol. The highest BCUT2D eigenvalue weighted by Crippen LogP contribution is 2.35. The smallest absolute Gasteiger partial charge is 0.268 e. The molecule has 17 heavy (non-hydrogen) atoms. The van der Waals surface area contributed by atoms with E-state index in [0.29, 0.717) is 0 Å². The van der Waals surface area contributed by atoms with Crippen LogP contribution in [0.15, 0.2) is 23.1 Å². The van der Waals surface area contributed by atoms with Crippen LogP contribution in [0.4, 0.5) is 0 Å². The Hall–Kier alpha value is -1.36. The van der Waals surface area contributed by atoms with Gasteiger partial charge in [0, 0.05) is 0 Å². The molecule has 4 nitrogen and oxygen atoms in total. The summed E-state index contributed by atoms with van der Waals surface area (Å²) in [4.78, 5) is 12.2. The van der Waals surface area contributed by atoms with Crippen LogP contribution in [0.1, 0.15) is 36.7 Å². The van der Waals surface area contributed by atoms with Gasteiger partial charge in [0.1, 0.15) is 4.90 Å². The highest BCUT2D eigenvalue weighted by atomic mass is 32.2. The van der Waals surface area contributed by atoms with Crippen LogP contribution in [0, 0.1) is 6.92 Å². The van der Waals surface area contributed by atoms with Crippen molar-refractivity contribution >= 4 is 15.9 Å². The van der Waals surface area contributed by atoms with E-state index in [2.05, 4.69) is 0 Å². The molecule has 1 aliphatic heterocycles. The Morgan fingerprint density at radius 3 is 2.29 bits per heavy atom. The third kappa shape index (κ3) is 1.65. The summed E-state index contributed by atoms with van der Waals surface area (Å²) in [5, 5.41) is 0. The monoisotopic (exact) mass is 253 g/mol. The number of carbonyl (C=O) groups is 1. The highest BCUT2D eigenvalue weighted by Gasteiger charge is 2.46. The molecule has 1 aliphatic rings. The lowest BCUT2D eigenvalue weighted by molar-refractivity contribution is 0.0788. The summed E-state index contributed by atoms with van der Waals surface area (Å²) in [6.07, 6.45) is 0. The highest BCUT2D eigenvalue weighted by molar-refractivity contribution is 7.90. The van der Waals surface area contributed by atoms with Crippen LogP contribution in [0.25, 0.3) is 0 Å². The van der Waals surface area contributed by atoms with Gasteiger partial charge in [-0.3, -0.25) is 4.79 Å². The normalized spacial score (nSPS) is 18.4. The second-order valence-electron chi connectivity index (χ2n) is 5.25. The number of hydrogen-bond acceptors (Lipinski definition) is 3. The van der Waals surface area contributed by atoms with Crippen molar-refractivity contribution in [2.24, 2.45) is 0 Å². The van der Waals surface area contributed by atoms with E-state index in [-0.39, 0.29) is 10.5 Å². The van der Waals surface area contributed by atoms with E-state index in [0.717, 1.165) is 9.87 Å². The number of rotatable bonds is 0. The van der Waals surface area contributed by atoms with Crippen molar-refractivity contribution in [3.8, 4) is 0 Å². The zero-order valence-corrected chi connectivity index (χ0v) is 11.1. The van der Waals surface area contributed by atoms with Gasteiger partial charge in [0.05, 0.1) is 11.1 Å². The minimum atomic E-state index is -3.69. The van der Waals surface area contributed by atoms with Gasteiger partial charge in [-0.15, -0.1) is 0 Å². The lowest BCUT2D eigenvalue weighted by atomic mass is 10.1. The summed E-state index contributed by atoms with van der Waals surface area (Å²) in [6.45, 7) is 6.93. The quantitative estimate of drug-likeness (QED) is 0.710. The average molecular weight is 253 g/mol.